The summed E-state index contributed by atoms with van der Waals surface area (Å²) in [5.74, 6) is 16.2. The maximum atomic E-state index is 2.63. The Labute approximate surface area is 110 Å². The first-order chi connectivity index (χ1) is 8.88. The summed E-state index contributed by atoms with van der Waals surface area (Å²) < 4.78 is 0. The second-order valence-corrected chi connectivity index (χ2v) is 9.29. The van der Waals surface area contributed by atoms with Gasteiger partial charge in [-0.2, -0.15) is 0 Å². The molecule has 0 radical (unpaired) electrons. The molecule has 0 aromatic rings. The monoisotopic (exact) mass is 240 g/mol. The lowest BCUT2D eigenvalue weighted by molar-refractivity contribution is -0.395. The molecule has 13 unspecified atom stereocenters. The molecule has 0 saturated heterocycles. The van der Waals surface area contributed by atoms with E-state index in [1.807, 2.05) is 0 Å². The molecule has 0 heterocycles. The van der Waals surface area contributed by atoms with Crippen molar-refractivity contribution in [2.24, 2.45) is 76.9 Å². The van der Waals surface area contributed by atoms with Crippen LogP contribution in [0.15, 0.2) is 0 Å². The molecule has 7 rings (SSSR count). The van der Waals surface area contributed by atoms with Crippen molar-refractivity contribution in [2.75, 3.05) is 0 Å². The van der Waals surface area contributed by atoms with Crippen molar-refractivity contribution in [1.29, 1.82) is 0 Å². The van der Waals surface area contributed by atoms with Gasteiger partial charge in [0.2, 0.25) is 0 Å². The van der Waals surface area contributed by atoms with E-state index in [2.05, 4.69) is 6.92 Å². The summed E-state index contributed by atoms with van der Waals surface area (Å²) in [7, 11) is 0. The third-order valence-electron chi connectivity index (χ3n) is 9.98. The van der Waals surface area contributed by atoms with Crippen LogP contribution in [0.3, 0.4) is 0 Å². The predicted molar refractivity (Wildman–Crippen MR) is 69.5 cm³/mol. The first-order valence-electron chi connectivity index (χ1n) is 8.88. The zero-order valence-corrected chi connectivity index (χ0v) is 11.3. The van der Waals surface area contributed by atoms with E-state index < -0.39 is 0 Å². The molecule has 7 saturated carbocycles. The molecule has 0 aromatic heterocycles. The summed E-state index contributed by atoms with van der Waals surface area (Å²) in [4.78, 5) is 0. The highest BCUT2D eigenvalue weighted by Crippen LogP contribution is 2.88. The Balaban J connectivity index is 1.27. The van der Waals surface area contributed by atoms with Gasteiger partial charge in [-0.25, -0.2) is 0 Å². The van der Waals surface area contributed by atoms with Crippen LogP contribution in [0.4, 0.5) is 0 Å². The van der Waals surface area contributed by atoms with E-state index in [0.29, 0.717) is 0 Å². The fraction of sp³-hybridized carbons (Fsp3) is 1.00. The molecular formula is C18H24. The average molecular weight is 240 g/mol. The van der Waals surface area contributed by atoms with Crippen molar-refractivity contribution < 1.29 is 0 Å². The molecule has 0 nitrogen and oxygen atoms in total. The van der Waals surface area contributed by atoms with Crippen LogP contribution in [-0.2, 0) is 0 Å². The van der Waals surface area contributed by atoms with Crippen LogP contribution in [0, 0.1) is 76.9 Å². The minimum Gasteiger partial charge on any atom is -0.0619 e. The zero-order chi connectivity index (χ0) is 11.3. The molecule has 0 aliphatic heterocycles. The van der Waals surface area contributed by atoms with Gasteiger partial charge in [-0.3, -0.25) is 0 Å². The fourth-order valence-corrected chi connectivity index (χ4v) is 9.41. The summed E-state index contributed by atoms with van der Waals surface area (Å²) in [6.45, 7) is 2.63. The molecule has 0 spiro atoms. The minimum absolute atomic E-state index is 1.13. The van der Waals surface area contributed by atoms with E-state index in [1.165, 1.54) is 71.0 Å². The van der Waals surface area contributed by atoms with Gasteiger partial charge in [0.05, 0.1) is 0 Å². The van der Waals surface area contributed by atoms with Crippen molar-refractivity contribution >= 4 is 0 Å². The Bertz CT molecular complexity index is 431. The van der Waals surface area contributed by atoms with Gasteiger partial charge in [0.15, 0.2) is 0 Å². The number of fused-ring (bicyclic) bond motifs is 15. The zero-order valence-electron chi connectivity index (χ0n) is 11.3. The maximum absolute atomic E-state index is 2.63. The van der Waals surface area contributed by atoms with E-state index in [1.54, 1.807) is 25.7 Å². The van der Waals surface area contributed by atoms with Crippen molar-refractivity contribution in [3.63, 3.8) is 0 Å². The van der Waals surface area contributed by atoms with Gasteiger partial charge in [-0.1, -0.05) is 6.92 Å². The van der Waals surface area contributed by atoms with Crippen LogP contribution in [0.25, 0.3) is 0 Å². The van der Waals surface area contributed by atoms with Gasteiger partial charge in [0, 0.05) is 0 Å². The molecule has 7 aliphatic carbocycles. The van der Waals surface area contributed by atoms with E-state index in [9.17, 15) is 0 Å². The molecule has 0 bridgehead atoms. The van der Waals surface area contributed by atoms with E-state index in [4.69, 9.17) is 0 Å². The van der Waals surface area contributed by atoms with Crippen molar-refractivity contribution in [3.05, 3.63) is 0 Å². The minimum atomic E-state index is 1.13. The molecule has 0 amide bonds. The summed E-state index contributed by atoms with van der Waals surface area (Å²) in [6, 6.07) is 0. The van der Waals surface area contributed by atoms with Gasteiger partial charge in [-0.05, 0) is 103 Å². The normalized spacial score (nSPS) is 83.5. The highest BCUT2D eigenvalue weighted by atomic mass is 14.9. The standard InChI is InChI=1S/C18H24/c1-6-7-2-3-8(7)12-11(6)15-16(12)18-14-10-5-4-9(10)13(14)17(15)18/h6-18H,2-5H2,1H3. The Morgan fingerprint density at radius 2 is 0.833 bits per heavy atom. The smallest absolute Gasteiger partial charge is 0.0312 e. The third-order valence-corrected chi connectivity index (χ3v) is 9.98. The Kier molecular flexibility index (Phi) is 1.18. The summed E-state index contributed by atoms with van der Waals surface area (Å²) in [5, 5.41) is 0. The molecule has 7 fully saturated rings. The van der Waals surface area contributed by atoms with Crippen LogP contribution in [0.2, 0.25) is 0 Å². The van der Waals surface area contributed by atoms with Crippen LogP contribution >= 0.6 is 0 Å². The van der Waals surface area contributed by atoms with Crippen molar-refractivity contribution in [1.82, 2.24) is 0 Å². The lowest BCUT2D eigenvalue weighted by atomic mass is 9.18. The van der Waals surface area contributed by atoms with Crippen LogP contribution < -0.4 is 0 Å². The molecule has 13 atom stereocenters. The lowest BCUT2D eigenvalue weighted by Gasteiger charge is -2.86. The molecule has 7 aliphatic rings. The van der Waals surface area contributed by atoms with Gasteiger partial charge >= 0.3 is 0 Å². The third kappa shape index (κ3) is 0.592. The molecular weight excluding hydrogens is 216 g/mol. The highest BCUT2D eigenvalue weighted by molar-refractivity contribution is 5.31. The molecule has 18 heavy (non-hydrogen) atoms. The lowest BCUT2D eigenvalue weighted by Crippen LogP contribution is -2.82. The van der Waals surface area contributed by atoms with Gasteiger partial charge < -0.3 is 0 Å². The second kappa shape index (κ2) is 2.35. The average Bonchev–Trinajstić information content (AvgIpc) is 2.40. The molecule has 0 heteroatoms. The van der Waals surface area contributed by atoms with Crippen LogP contribution in [0.5, 0.6) is 0 Å². The summed E-state index contributed by atoms with van der Waals surface area (Å²) in [5.41, 5.74) is 0. The Morgan fingerprint density at radius 1 is 0.444 bits per heavy atom. The van der Waals surface area contributed by atoms with Crippen LogP contribution in [-0.4, -0.2) is 0 Å². The number of hydrogen-bond donors (Lipinski definition) is 0. The van der Waals surface area contributed by atoms with Crippen molar-refractivity contribution in [3.8, 4) is 0 Å². The first kappa shape index (κ1) is 9.03. The quantitative estimate of drug-likeness (QED) is 0.567. The van der Waals surface area contributed by atoms with Gasteiger partial charge in [0.25, 0.3) is 0 Å². The summed E-state index contributed by atoms with van der Waals surface area (Å²) >= 11 is 0. The van der Waals surface area contributed by atoms with Gasteiger partial charge in [-0.15, -0.1) is 0 Å². The topological polar surface area (TPSA) is 0 Å². The number of hydrogen-bond acceptors (Lipinski definition) is 0. The van der Waals surface area contributed by atoms with Crippen molar-refractivity contribution in [2.45, 2.75) is 32.6 Å². The molecule has 0 aromatic carbocycles. The number of rotatable bonds is 0. The van der Waals surface area contributed by atoms with Gasteiger partial charge in [0.1, 0.15) is 0 Å². The fourth-order valence-electron chi connectivity index (χ4n) is 9.41. The Hall–Kier alpha value is 0. The van der Waals surface area contributed by atoms with Crippen LogP contribution in [0.1, 0.15) is 32.6 Å². The van der Waals surface area contributed by atoms with E-state index >= 15 is 0 Å². The second-order valence-electron chi connectivity index (χ2n) is 9.29. The van der Waals surface area contributed by atoms with E-state index in [0.717, 1.165) is 5.92 Å². The first-order valence-corrected chi connectivity index (χ1v) is 8.88. The molecule has 96 valence electrons. The largest absolute Gasteiger partial charge is 0.0619 e. The highest BCUT2D eigenvalue weighted by Gasteiger charge is 2.84. The van der Waals surface area contributed by atoms with E-state index in [-0.39, 0.29) is 0 Å². The maximum Gasteiger partial charge on any atom is -0.0312 e. The Morgan fingerprint density at radius 3 is 1.33 bits per heavy atom. The SMILES string of the molecule is CC1C2CCC2C2C1C1C2C2C3C4CCC4C3C12. The predicted octanol–water partition coefficient (Wildman–Crippen LogP) is 3.67. The molecule has 0 N–H and O–H groups in total. The summed E-state index contributed by atoms with van der Waals surface area (Å²) in [6.07, 6.45) is 6.48.